The minimum absolute atomic E-state index is 0.227. The molecular formula is C12H13F2I. The molecule has 0 radical (unpaired) electrons. The fraction of sp³-hybridized carbons (Fsp3) is 0.500. The van der Waals surface area contributed by atoms with Crippen LogP contribution in [0.1, 0.15) is 43.6 Å². The highest BCUT2D eigenvalue weighted by Gasteiger charge is 2.21. The van der Waals surface area contributed by atoms with Gasteiger partial charge in [-0.3, -0.25) is 0 Å². The fourth-order valence-electron chi connectivity index (χ4n) is 2.27. The zero-order chi connectivity index (χ0) is 10.8. The average Bonchev–Trinajstić information content (AvgIpc) is 2.27. The van der Waals surface area contributed by atoms with Gasteiger partial charge in [0.25, 0.3) is 0 Å². The molecule has 0 spiro atoms. The van der Waals surface area contributed by atoms with Crippen LogP contribution in [0.4, 0.5) is 8.78 Å². The Kier molecular flexibility index (Phi) is 3.59. The summed E-state index contributed by atoms with van der Waals surface area (Å²) in [4.78, 5) is 0. The van der Waals surface area contributed by atoms with Crippen molar-refractivity contribution in [2.24, 2.45) is 0 Å². The van der Waals surface area contributed by atoms with Gasteiger partial charge >= 0.3 is 0 Å². The third kappa shape index (κ3) is 2.32. The van der Waals surface area contributed by atoms with Crippen LogP contribution in [0.2, 0.25) is 0 Å². The van der Waals surface area contributed by atoms with Gasteiger partial charge in [0.2, 0.25) is 0 Å². The lowest BCUT2D eigenvalue weighted by atomic mass is 9.84. The maximum Gasteiger partial charge on any atom is 0.172 e. The van der Waals surface area contributed by atoms with E-state index in [0.717, 1.165) is 25.7 Å². The van der Waals surface area contributed by atoms with Crippen LogP contribution < -0.4 is 0 Å². The van der Waals surface area contributed by atoms with Gasteiger partial charge in [-0.25, -0.2) is 8.78 Å². The first-order valence-electron chi connectivity index (χ1n) is 5.33. The lowest BCUT2D eigenvalue weighted by Crippen LogP contribution is -2.08. The van der Waals surface area contributed by atoms with Crippen LogP contribution in [0.15, 0.2) is 12.1 Å². The van der Waals surface area contributed by atoms with Crippen molar-refractivity contribution < 1.29 is 8.78 Å². The molecule has 0 atom stereocenters. The summed E-state index contributed by atoms with van der Waals surface area (Å²) in [5, 5.41) is 0. The molecule has 82 valence electrons. The van der Waals surface area contributed by atoms with E-state index in [1.165, 1.54) is 6.42 Å². The monoisotopic (exact) mass is 322 g/mol. The molecule has 3 heteroatoms. The second-order valence-corrected chi connectivity index (χ2v) is 5.26. The highest BCUT2D eigenvalue weighted by molar-refractivity contribution is 14.1. The lowest BCUT2D eigenvalue weighted by molar-refractivity contribution is 0.416. The van der Waals surface area contributed by atoms with Crippen molar-refractivity contribution in [3.63, 3.8) is 0 Å². The molecule has 1 saturated carbocycles. The van der Waals surface area contributed by atoms with Gasteiger partial charge in [-0.2, -0.15) is 0 Å². The van der Waals surface area contributed by atoms with Crippen molar-refractivity contribution in [2.75, 3.05) is 0 Å². The summed E-state index contributed by atoms with van der Waals surface area (Å²) < 4.78 is 27.4. The van der Waals surface area contributed by atoms with Crippen molar-refractivity contribution in [3.8, 4) is 0 Å². The Balaban J connectivity index is 2.31. The van der Waals surface area contributed by atoms with Crippen LogP contribution in [0, 0.1) is 15.2 Å². The molecule has 0 nitrogen and oxygen atoms in total. The molecule has 1 aliphatic rings. The van der Waals surface area contributed by atoms with Crippen LogP contribution in [0.25, 0.3) is 0 Å². The van der Waals surface area contributed by atoms with Gasteiger partial charge in [-0.1, -0.05) is 25.3 Å². The maximum absolute atomic E-state index is 13.7. The van der Waals surface area contributed by atoms with Crippen molar-refractivity contribution in [1.82, 2.24) is 0 Å². The Bertz CT molecular complexity index is 357. The van der Waals surface area contributed by atoms with Crippen LogP contribution in [-0.2, 0) is 0 Å². The van der Waals surface area contributed by atoms with E-state index in [2.05, 4.69) is 0 Å². The third-order valence-corrected chi connectivity index (χ3v) is 3.94. The van der Waals surface area contributed by atoms with E-state index in [-0.39, 0.29) is 5.92 Å². The second kappa shape index (κ2) is 4.76. The molecule has 15 heavy (non-hydrogen) atoms. The van der Waals surface area contributed by atoms with Crippen LogP contribution in [0.5, 0.6) is 0 Å². The first kappa shape index (κ1) is 11.3. The van der Waals surface area contributed by atoms with E-state index in [4.69, 9.17) is 0 Å². The standard InChI is InChI=1S/C12H13F2I/c13-11-9(6-7-10(15)12(11)14)8-4-2-1-3-5-8/h6-8H,1-5H2. The fourth-order valence-corrected chi connectivity index (χ4v) is 2.69. The predicted octanol–water partition coefficient (Wildman–Crippen LogP) is 4.62. The Labute approximate surface area is 102 Å². The molecule has 0 aromatic heterocycles. The van der Waals surface area contributed by atoms with Crippen molar-refractivity contribution in [2.45, 2.75) is 38.0 Å². The molecular weight excluding hydrogens is 309 g/mol. The molecule has 0 heterocycles. The number of hydrogen-bond acceptors (Lipinski definition) is 0. The largest absolute Gasteiger partial charge is 0.203 e. The molecule has 0 bridgehead atoms. The van der Waals surface area contributed by atoms with E-state index in [1.807, 2.05) is 22.6 Å². The summed E-state index contributed by atoms with van der Waals surface area (Å²) in [7, 11) is 0. The van der Waals surface area contributed by atoms with Gasteiger partial charge in [0, 0.05) is 0 Å². The summed E-state index contributed by atoms with van der Waals surface area (Å²) in [6.07, 6.45) is 5.49. The summed E-state index contributed by atoms with van der Waals surface area (Å²) >= 11 is 1.82. The zero-order valence-corrected chi connectivity index (χ0v) is 10.6. The van der Waals surface area contributed by atoms with Crippen molar-refractivity contribution in [1.29, 1.82) is 0 Å². The first-order valence-corrected chi connectivity index (χ1v) is 6.41. The van der Waals surface area contributed by atoms with E-state index in [9.17, 15) is 8.78 Å². The van der Waals surface area contributed by atoms with Gasteiger partial charge < -0.3 is 0 Å². The first-order chi connectivity index (χ1) is 7.20. The molecule has 1 fully saturated rings. The molecule has 1 aromatic rings. The SMILES string of the molecule is Fc1c(I)ccc(C2CCCCC2)c1F. The minimum atomic E-state index is -0.682. The van der Waals surface area contributed by atoms with Crippen LogP contribution in [-0.4, -0.2) is 0 Å². The topological polar surface area (TPSA) is 0 Å². The average molecular weight is 322 g/mol. The Morgan fingerprint density at radius 2 is 1.67 bits per heavy atom. The Hall–Kier alpha value is -0.190. The van der Waals surface area contributed by atoms with Crippen LogP contribution >= 0.6 is 22.6 Å². The van der Waals surface area contributed by atoms with Gasteiger partial charge in [-0.15, -0.1) is 0 Å². The van der Waals surface area contributed by atoms with Gasteiger partial charge in [0.15, 0.2) is 11.6 Å². The number of rotatable bonds is 1. The normalized spacial score (nSPS) is 18.1. The summed E-state index contributed by atoms with van der Waals surface area (Å²) in [6.45, 7) is 0. The summed E-state index contributed by atoms with van der Waals surface area (Å²) in [6, 6.07) is 3.42. The Morgan fingerprint density at radius 3 is 2.33 bits per heavy atom. The summed E-state index contributed by atoms with van der Waals surface area (Å²) in [5.74, 6) is -1.09. The molecule has 0 aliphatic heterocycles. The molecule has 1 aromatic carbocycles. The molecule has 0 saturated heterocycles. The highest BCUT2D eigenvalue weighted by atomic mass is 127. The minimum Gasteiger partial charge on any atom is -0.203 e. The van der Waals surface area contributed by atoms with Crippen molar-refractivity contribution >= 4 is 22.6 Å². The smallest absolute Gasteiger partial charge is 0.172 e. The van der Waals surface area contributed by atoms with Gasteiger partial charge in [-0.05, 0) is 53.0 Å². The van der Waals surface area contributed by atoms with E-state index in [0.29, 0.717) is 9.13 Å². The quantitative estimate of drug-likeness (QED) is 0.523. The summed E-state index contributed by atoms with van der Waals surface area (Å²) in [5.41, 5.74) is 0.576. The molecule has 0 amide bonds. The number of benzene rings is 1. The maximum atomic E-state index is 13.7. The zero-order valence-electron chi connectivity index (χ0n) is 8.40. The molecule has 2 rings (SSSR count). The van der Waals surface area contributed by atoms with Gasteiger partial charge in [0.1, 0.15) is 0 Å². The number of hydrogen-bond donors (Lipinski definition) is 0. The lowest BCUT2D eigenvalue weighted by Gasteiger charge is -2.22. The van der Waals surface area contributed by atoms with Gasteiger partial charge in [0.05, 0.1) is 3.57 Å². The van der Waals surface area contributed by atoms with Crippen molar-refractivity contribution in [3.05, 3.63) is 32.9 Å². The highest BCUT2D eigenvalue weighted by Crippen LogP contribution is 2.35. The molecule has 1 aliphatic carbocycles. The third-order valence-electron chi connectivity index (χ3n) is 3.11. The van der Waals surface area contributed by atoms with E-state index >= 15 is 0 Å². The predicted molar refractivity (Wildman–Crippen MR) is 64.9 cm³/mol. The second-order valence-electron chi connectivity index (χ2n) is 4.10. The number of halogens is 3. The Morgan fingerprint density at radius 1 is 1.00 bits per heavy atom. The molecule has 0 unspecified atom stereocenters. The van der Waals surface area contributed by atoms with E-state index < -0.39 is 11.6 Å². The molecule has 0 N–H and O–H groups in total. The van der Waals surface area contributed by atoms with Crippen LogP contribution in [0.3, 0.4) is 0 Å². The van der Waals surface area contributed by atoms with E-state index in [1.54, 1.807) is 12.1 Å².